The number of pyridine rings is 1. The first-order chi connectivity index (χ1) is 25.8. The summed E-state index contributed by atoms with van der Waals surface area (Å²) in [4.78, 5) is 87.1. The second kappa shape index (κ2) is 24.4. The fourth-order valence-corrected chi connectivity index (χ4v) is 5.49. The average molecular weight is 753 g/mol. The van der Waals surface area contributed by atoms with E-state index in [0.29, 0.717) is 48.4 Å². The molecule has 0 aliphatic carbocycles. The first-order valence-electron chi connectivity index (χ1n) is 17.6. The minimum Gasteiger partial charge on any atom is -0.478 e. The highest BCUT2D eigenvalue weighted by Crippen LogP contribution is 2.23. The summed E-state index contributed by atoms with van der Waals surface area (Å²) in [5, 5.41) is 31.2. The first kappa shape index (κ1) is 44.3. The molecule has 3 heterocycles. The Balaban J connectivity index is 0.000000526. The standard InChI is InChI=1S/C30H40N4O4.2C4H4O4/c1-2-3-4-5-6-7-8-16-28(35)38-24(23-34-29(36)25-13-9-10-14-26(25)30(34)37)22-32-18-20-33(21-19-32)27-15-11-12-17-31-27;2*5-3(6)1-2-4(7)8/h9-15,17,24H,2-8,16,18-23H2,1H3;2*1-2H,(H,5,6)(H,7,8)/b;2*2-1-. The molecule has 0 radical (unpaired) electrons. The fourth-order valence-electron chi connectivity index (χ4n) is 5.49. The maximum absolute atomic E-state index is 13.0. The van der Waals surface area contributed by atoms with Gasteiger partial charge in [0.25, 0.3) is 11.8 Å². The molecule has 0 spiro atoms. The number of rotatable bonds is 18. The monoisotopic (exact) mass is 752 g/mol. The number of carbonyl (C=O) groups excluding carboxylic acids is 3. The van der Waals surface area contributed by atoms with E-state index in [1.807, 2.05) is 18.2 Å². The van der Waals surface area contributed by atoms with Crippen molar-refractivity contribution in [3.8, 4) is 0 Å². The molecule has 2 aromatic rings. The van der Waals surface area contributed by atoms with E-state index < -0.39 is 30.0 Å². The van der Waals surface area contributed by atoms with Crippen LogP contribution < -0.4 is 4.90 Å². The summed E-state index contributed by atoms with van der Waals surface area (Å²) in [5.74, 6) is -4.97. The second-order valence-electron chi connectivity index (χ2n) is 12.2. The molecular formula is C38H48N4O12. The van der Waals surface area contributed by atoms with Crippen molar-refractivity contribution in [1.29, 1.82) is 0 Å². The lowest BCUT2D eigenvalue weighted by Crippen LogP contribution is -2.51. The number of fused-ring (bicyclic) bond motifs is 1. The zero-order valence-electron chi connectivity index (χ0n) is 30.2. The van der Waals surface area contributed by atoms with Crippen LogP contribution in [0, 0.1) is 0 Å². The Hall–Kier alpha value is -5.90. The summed E-state index contributed by atoms with van der Waals surface area (Å²) in [7, 11) is 0. The lowest BCUT2D eigenvalue weighted by Gasteiger charge is -2.37. The Morgan fingerprint density at radius 1 is 0.685 bits per heavy atom. The Morgan fingerprint density at radius 2 is 1.17 bits per heavy atom. The van der Waals surface area contributed by atoms with Crippen LogP contribution in [0.15, 0.2) is 73.0 Å². The highest BCUT2D eigenvalue weighted by Gasteiger charge is 2.37. The summed E-state index contributed by atoms with van der Waals surface area (Å²) in [5.41, 5.74) is 0.823. The van der Waals surface area contributed by atoms with Gasteiger partial charge in [-0.2, -0.15) is 0 Å². The Labute approximate surface area is 313 Å². The van der Waals surface area contributed by atoms with Crippen LogP contribution in [0.4, 0.5) is 5.82 Å². The molecule has 0 saturated carbocycles. The molecule has 2 aliphatic heterocycles. The van der Waals surface area contributed by atoms with Crippen LogP contribution in [0.25, 0.3) is 0 Å². The maximum Gasteiger partial charge on any atom is 0.328 e. The molecule has 292 valence electrons. The van der Waals surface area contributed by atoms with Crippen molar-refractivity contribution >= 4 is 47.5 Å². The van der Waals surface area contributed by atoms with Gasteiger partial charge in [-0.15, -0.1) is 0 Å². The number of carboxylic acid groups (broad SMARTS) is 4. The minimum atomic E-state index is -1.26. The number of carbonyl (C=O) groups is 7. The SMILES string of the molecule is CCCCCCCCCC(=O)OC(CN1CCN(c2ccccn2)CC1)CN1C(=O)c2ccccc2C1=O.O=C(O)/C=C\C(=O)O.O=C(O)/C=C\C(=O)O. The van der Waals surface area contributed by atoms with Gasteiger partial charge in [-0.3, -0.25) is 24.2 Å². The van der Waals surface area contributed by atoms with E-state index in [1.165, 1.54) is 30.6 Å². The number of unbranched alkanes of at least 4 members (excludes halogenated alkanes) is 6. The molecule has 4 rings (SSSR count). The number of aliphatic carboxylic acids is 4. The Kier molecular flexibility index (Phi) is 20.0. The molecule has 1 aromatic carbocycles. The van der Waals surface area contributed by atoms with Gasteiger partial charge in [0.05, 0.1) is 17.7 Å². The molecule has 1 unspecified atom stereocenters. The average Bonchev–Trinajstić information content (AvgIpc) is 3.38. The highest BCUT2D eigenvalue weighted by atomic mass is 16.5. The molecular weight excluding hydrogens is 704 g/mol. The summed E-state index contributed by atoms with van der Waals surface area (Å²) in [6.07, 6.45) is 11.7. The Morgan fingerprint density at radius 3 is 1.63 bits per heavy atom. The molecule has 1 saturated heterocycles. The number of anilines is 1. The van der Waals surface area contributed by atoms with Gasteiger partial charge in [-0.05, 0) is 30.7 Å². The van der Waals surface area contributed by atoms with Crippen molar-refractivity contribution in [2.45, 2.75) is 64.4 Å². The van der Waals surface area contributed by atoms with Gasteiger partial charge in [0.2, 0.25) is 0 Å². The third kappa shape index (κ3) is 17.1. The van der Waals surface area contributed by atoms with Crippen molar-refractivity contribution in [3.05, 3.63) is 84.1 Å². The van der Waals surface area contributed by atoms with Gasteiger partial charge in [-0.25, -0.2) is 24.2 Å². The molecule has 16 heteroatoms. The minimum absolute atomic E-state index is 0.0650. The summed E-state index contributed by atoms with van der Waals surface area (Å²) < 4.78 is 5.91. The van der Waals surface area contributed by atoms with Crippen molar-refractivity contribution in [1.82, 2.24) is 14.8 Å². The van der Waals surface area contributed by atoms with Crippen LogP contribution in [-0.4, -0.2) is 122 Å². The molecule has 1 atom stereocenters. The van der Waals surface area contributed by atoms with Crippen LogP contribution in [0.5, 0.6) is 0 Å². The van der Waals surface area contributed by atoms with Crippen LogP contribution >= 0.6 is 0 Å². The largest absolute Gasteiger partial charge is 0.478 e. The van der Waals surface area contributed by atoms with Crippen molar-refractivity contribution in [3.63, 3.8) is 0 Å². The maximum atomic E-state index is 13.0. The van der Waals surface area contributed by atoms with Gasteiger partial charge in [0, 0.05) is 69.6 Å². The molecule has 1 aromatic heterocycles. The number of esters is 1. The number of aromatic nitrogens is 1. The smallest absolute Gasteiger partial charge is 0.328 e. The fraction of sp³-hybridized carbons (Fsp3) is 0.421. The first-order valence-corrected chi connectivity index (χ1v) is 17.6. The third-order valence-corrected chi connectivity index (χ3v) is 8.09. The topological polar surface area (TPSA) is 232 Å². The van der Waals surface area contributed by atoms with E-state index in [-0.39, 0.29) is 24.3 Å². The van der Waals surface area contributed by atoms with Gasteiger partial charge < -0.3 is 30.1 Å². The molecule has 0 bridgehead atoms. The zero-order chi connectivity index (χ0) is 39.9. The Bertz CT molecular complexity index is 1520. The number of hydrogen-bond acceptors (Lipinski definition) is 11. The van der Waals surface area contributed by atoms with Crippen molar-refractivity contribution < 1.29 is 58.7 Å². The van der Waals surface area contributed by atoms with E-state index in [2.05, 4.69) is 21.7 Å². The van der Waals surface area contributed by atoms with E-state index in [0.717, 1.165) is 51.3 Å². The predicted molar refractivity (Wildman–Crippen MR) is 196 cm³/mol. The molecule has 2 amide bonds. The van der Waals surface area contributed by atoms with Crippen LogP contribution in [-0.2, 0) is 28.7 Å². The number of benzene rings is 1. The molecule has 2 aliphatic rings. The summed E-state index contributed by atoms with van der Waals surface area (Å²) in [6.45, 7) is 5.93. The summed E-state index contributed by atoms with van der Waals surface area (Å²) in [6, 6.07) is 12.8. The van der Waals surface area contributed by atoms with E-state index in [9.17, 15) is 33.6 Å². The second-order valence-corrected chi connectivity index (χ2v) is 12.2. The molecule has 4 N–H and O–H groups in total. The summed E-state index contributed by atoms with van der Waals surface area (Å²) >= 11 is 0. The van der Waals surface area contributed by atoms with Crippen LogP contribution in [0.1, 0.15) is 79.0 Å². The van der Waals surface area contributed by atoms with Crippen LogP contribution in [0.2, 0.25) is 0 Å². The lowest BCUT2D eigenvalue weighted by atomic mass is 10.1. The highest BCUT2D eigenvalue weighted by molar-refractivity contribution is 6.21. The number of nitrogens with zero attached hydrogens (tertiary/aromatic N) is 4. The molecule has 1 fully saturated rings. The van der Waals surface area contributed by atoms with Gasteiger partial charge in [0.15, 0.2) is 0 Å². The number of hydrogen-bond donors (Lipinski definition) is 4. The molecule has 54 heavy (non-hydrogen) atoms. The number of amides is 2. The van der Waals surface area contributed by atoms with Gasteiger partial charge >= 0.3 is 29.8 Å². The van der Waals surface area contributed by atoms with E-state index in [1.54, 1.807) is 30.5 Å². The number of piperazine rings is 1. The quantitative estimate of drug-likeness (QED) is 0.0730. The molecule has 16 nitrogen and oxygen atoms in total. The van der Waals surface area contributed by atoms with Gasteiger partial charge in [0.1, 0.15) is 11.9 Å². The normalized spacial score (nSPS) is 14.5. The van der Waals surface area contributed by atoms with Gasteiger partial charge in [-0.1, -0.05) is 63.6 Å². The zero-order valence-corrected chi connectivity index (χ0v) is 30.2. The van der Waals surface area contributed by atoms with Crippen LogP contribution in [0.3, 0.4) is 0 Å². The van der Waals surface area contributed by atoms with E-state index >= 15 is 0 Å². The third-order valence-electron chi connectivity index (χ3n) is 8.09. The number of imide groups is 1. The van der Waals surface area contributed by atoms with Crippen molar-refractivity contribution in [2.75, 3.05) is 44.2 Å². The number of carboxylic acids is 4. The number of ether oxygens (including phenoxy) is 1. The lowest BCUT2D eigenvalue weighted by molar-refractivity contribution is -0.150. The predicted octanol–water partition coefficient (Wildman–Crippen LogP) is 3.98. The van der Waals surface area contributed by atoms with E-state index in [4.69, 9.17) is 25.2 Å². The van der Waals surface area contributed by atoms with Crippen molar-refractivity contribution in [2.24, 2.45) is 0 Å².